The van der Waals surface area contributed by atoms with Gasteiger partial charge in [0.25, 0.3) is 0 Å². The van der Waals surface area contributed by atoms with Gasteiger partial charge in [-0.25, -0.2) is 4.98 Å². The summed E-state index contributed by atoms with van der Waals surface area (Å²) >= 11 is 6.19. The molecule has 8 nitrogen and oxygen atoms in total. The van der Waals surface area contributed by atoms with Crippen molar-refractivity contribution in [3.63, 3.8) is 0 Å². The molecule has 0 saturated heterocycles. The summed E-state index contributed by atoms with van der Waals surface area (Å²) in [5.74, 6) is -0.807. The van der Waals surface area contributed by atoms with Crippen molar-refractivity contribution in [2.24, 2.45) is 0 Å². The third-order valence-corrected chi connectivity index (χ3v) is 7.23. The minimum absolute atomic E-state index is 0.297. The zero-order chi connectivity index (χ0) is 28.2. The smallest absolute Gasteiger partial charge is 0.311 e. The molecule has 4 N–H and O–H groups in total. The van der Waals surface area contributed by atoms with Crippen LogP contribution in [0.3, 0.4) is 0 Å². The van der Waals surface area contributed by atoms with E-state index in [9.17, 15) is 15.0 Å². The maximum Gasteiger partial charge on any atom is 0.311 e. The summed E-state index contributed by atoms with van der Waals surface area (Å²) in [6.07, 6.45) is 6.96. The highest BCUT2D eigenvalue weighted by Gasteiger charge is 2.28. The van der Waals surface area contributed by atoms with Gasteiger partial charge in [-0.2, -0.15) is 0 Å². The van der Waals surface area contributed by atoms with Gasteiger partial charge in [0.15, 0.2) is 0 Å². The predicted molar refractivity (Wildman–Crippen MR) is 152 cm³/mol. The third-order valence-electron chi connectivity index (χ3n) is 7.00. The van der Waals surface area contributed by atoms with Crippen molar-refractivity contribution < 1.29 is 24.9 Å². The number of nitrogens with one attached hydrogen (secondary N) is 1. The zero-order valence-corrected chi connectivity index (χ0v) is 23.2. The van der Waals surface area contributed by atoms with Gasteiger partial charge in [-0.15, -0.1) is 0 Å². The lowest BCUT2D eigenvalue weighted by molar-refractivity contribution is -0.138. The van der Waals surface area contributed by atoms with Crippen LogP contribution >= 0.6 is 11.6 Å². The molecule has 2 unspecified atom stereocenters. The van der Waals surface area contributed by atoms with Gasteiger partial charge in [-0.3, -0.25) is 4.79 Å². The van der Waals surface area contributed by atoms with E-state index in [1.807, 2.05) is 19.9 Å². The van der Waals surface area contributed by atoms with Crippen LogP contribution in [-0.4, -0.2) is 57.9 Å². The normalized spacial score (nSPS) is 15.0. The second-order valence-electron chi connectivity index (χ2n) is 9.44. The fraction of sp³-hybridized carbons (Fsp3) is 0.483. The molecule has 9 heteroatoms. The van der Waals surface area contributed by atoms with E-state index in [2.05, 4.69) is 22.0 Å². The molecule has 1 heterocycles. The monoisotopic (exact) mass is 545 g/mol. The lowest BCUT2D eigenvalue weighted by Crippen LogP contribution is -2.20. The minimum atomic E-state index is -0.880. The number of carboxylic acids is 1. The predicted octanol–water partition coefficient (Wildman–Crippen LogP) is 5.38. The van der Waals surface area contributed by atoms with Crippen LogP contribution in [0, 0.1) is 0 Å². The van der Waals surface area contributed by atoms with E-state index in [1.165, 1.54) is 19.3 Å². The van der Waals surface area contributed by atoms with E-state index in [-0.39, 0.29) is 0 Å². The van der Waals surface area contributed by atoms with Gasteiger partial charge in [-0.05, 0) is 62.4 Å². The van der Waals surface area contributed by atoms with Crippen LogP contribution in [0.25, 0.3) is 11.0 Å². The number of hydrogen-bond donors (Lipinski definition) is 4. The number of nitrogens with zero attached hydrogens (tertiary/aromatic N) is 2. The number of carbonyl (C=O) groups excluding carboxylic acids is 1. The first-order chi connectivity index (χ1) is 18.4. The summed E-state index contributed by atoms with van der Waals surface area (Å²) in [6, 6.07) is 11.6. The maximum atomic E-state index is 12.3. The number of hydrogen-bond acceptors (Lipinski definition) is 6. The number of imidazole rings is 1. The molecule has 0 aliphatic heterocycles. The van der Waals surface area contributed by atoms with Crippen molar-refractivity contribution in [3.8, 4) is 0 Å². The minimum Gasteiger partial charge on any atom is -0.481 e. The summed E-state index contributed by atoms with van der Waals surface area (Å²) < 4.78 is 2.31. The lowest BCUT2D eigenvalue weighted by Gasteiger charge is -2.26. The molecule has 1 aliphatic carbocycles. The van der Waals surface area contributed by atoms with E-state index in [0.29, 0.717) is 35.9 Å². The maximum absolute atomic E-state index is 12.3. The molecular formula is C29H40ClN3O5. The highest BCUT2D eigenvalue weighted by molar-refractivity contribution is 6.30. The Hall–Kier alpha value is -2.94. The van der Waals surface area contributed by atoms with Crippen molar-refractivity contribution >= 4 is 41.1 Å². The first kappa shape index (κ1) is 31.3. The highest BCUT2D eigenvalue weighted by atomic mass is 35.5. The van der Waals surface area contributed by atoms with E-state index < -0.39 is 18.0 Å². The van der Waals surface area contributed by atoms with Crippen molar-refractivity contribution in [1.82, 2.24) is 9.55 Å². The van der Waals surface area contributed by atoms with Crippen LogP contribution in [0.5, 0.6) is 0 Å². The fourth-order valence-corrected chi connectivity index (χ4v) is 5.45. The average Bonchev–Trinajstić information content (AvgIpc) is 3.31. The van der Waals surface area contributed by atoms with Crippen molar-refractivity contribution in [1.29, 1.82) is 0 Å². The number of aromatic nitrogens is 2. The van der Waals surface area contributed by atoms with Gasteiger partial charge in [0.05, 0.1) is 23.1 Å². The third kappa shape index (κ3) is 7.56. The van der Waals surface area contributed by atoms with Crippen LogP contribution in [0.15, 0.2) is 36.4 Å². The van der Waals surface area contributed by atoms with Gasteiger partial charge < -0.3 is 30.0 Å². The molecule has 0 bridgehead atoms. The van der Waals surface area contributed by atoms with Crippen LogP contribution < -0.4 is 5.32 Å². The number of aliphatic hydroxyl groups is 2. The second kappa shape index (κ2) is 15.5. The van der Waals surface area contributed by atoms with Crippen molar-refractivity contribution in [2.45, 2.75) is 76.4 Å². The molecule has 2 atom stereocenters. The van der Waals surface area contributed by atoms with Gasteiger partial charge in [0.1, 0.15) is 12.6 Å². The number of aryl methyl sites for hydroxylation is 1. The molecule has 1 fully saturated rings. The Morgan fingerprint density at radius 1 is 1.18 bits per heavy atom. The second-order valence-corrected chi connectivity index (χ2v) is 9.87. The quantitative estimate of drug-likeness (QED) is 0.284. The molecular weight excluding hydrogens is 506 g/mol. The number of aliphatic hydroxyl groups excluding tert-OH is 2. The first-order valence-corrected chi connectivity index (χ1v) is 13.4. The van der Waals surface area contributed by atoms with Gasteiger partial charge in [0.2, 0.25) is 0 Å². The Morgan fingerprint density at radius 3 is 2.45 bits per heavy atom. The number of halogens is 1. The van der Waals surface area contributed by atoms with E-state index in [0.717, 1.165) is 48.1 Å². The Bertz CT molecular complexity index is 1170. The summed E-state index contributed by atoms with van der Waals surface area (Å²) in [4.78, 5) is 25.4. The van der Waals surface area contributed by atoms with E-state index in [4.69, 9.17) is 26.5 Å². The standard InChI is InChI=1S/C27H34ClN3O3.CH4O.CH2O/c1-17(32)11-12-21-23(29-2)13-14-24-26(21)30-25(31(24)20-9-4-3-5-10-20)16-22(27(33)34)18-7-6-8-19(28)15-18;2*1-2/h6-8,13-15,17,20,22,29,32H,3-5,9-12,16H2,1-2H3,(H,33,34);2H,1H3;1H2. The number of carbonyl (C=O) groups is 2. The van der Waals surface area contributed by atoms with Gasteiger partial charge in [0, 0.05) is 42.9 Å². The highest BCUT2D eigenvalue weighted by Crippen LogP contribution is 2.37. The molecule has 0 amide bonds. The largest absolute Gasteiger partial charge is 0.481 e. The Morgan fingerprint density at radius 2 is 1.87 bits per heavy atom. The molecule has 208 valence electrons. The Labute approximate surface area is 229 Å². The molecule has 38 heavy (non-hydrogen) atoms. The van der Waals surface area contributed by atoms with Crippen LogP contribution in [0.4, 0.5) is 5.69 Å². The SMILES string of the molecule is C=O.CNc1ccc2c(nc(CC(C(=O)O)c3cccc(Cl)c3)n2C2CCCCC2)c1CCC(C)O.CO. The van der Waals surface area contributed by atoms with Crippen LogP contribution in [0.2, 0.25) is 5.02 Å². The Balaban J connectivity index is 0.00000121. The van der Waals surface area contributed by atoms with Crippen molar-refractivity contribution in [3.05, 3.63) is 58.4 Å². The summed E-state index contributed by atoms with van der Waals surface area (Å²) in [5, 5.41) is 30.8. The van der Waals surface area contributed by atoms with Gasteiger partial charge >= 0.3 is 5.97 Å². The molecule has 3 aromatic rings. The number of anilines is 1. The van der Waals surface area contributed by atoms with Crippen LogP contribution in [0.1, 0.15) is 74.4 Å². The number of rotatable bonds is 9. The molecule has 4 rings (SSSR count). The average molecular weight is 546 g/mol. The first-order valence-electron chi connectivity index (χ1n) is 13.0. The van der Waals surface area contributed by atoms with Crippen LogP contribution in [-0.2, 0) is 22.4 Å². The number of aliphatic carboxylic acids is 1. The summed E-state index contributed by atoms with van der Waals surface area (Å²) in [5.41, 5.74) is 4.72. The van der Waals surface area contributed by atoms with Crippen molar-refractivity contribution in [2.75, 3.05) is 19.5 Å². The number of benzene rings is 2. The molecule has 1 aliphatic rings. The summed E-state index contributed by atoms with van der Waals surface area (Å²) in [6.45, 7) is 3.80. The lowest BCUT2D eigenvalue weighted by atomic mass is 9.93. The molecule has 1 aromatic heterocycles. The van der Waals surface area contributed by atoms with E-state index >= 15 is 0 Å². The molecule has 0 radical (unpaired) electrons. The van der Waals surface area contributed by atoms with E-state index in [1.54, 1.807) is 25.1 Å². The Kier molecular flexibility index (Phi) is 12.7. The number of fused-ring (bicyclic) bond motifs is 1. The topological polar surface area (TPSA) is 125 Å². The van der Waals surface area contributed by atoms with Gasteiger partial charge in [-0.1, -0.05) is 43.0 Å². The molecule has 0 spiro atoms. The fourth-order valence-electron chi connectivity index (χ4n) is 5.25. The number of carboxylic acid groups (broad SMARTS) is 1. The molecule has 1 saturated carbocycles. The molecule has 2 aromatic carbocycles. The zero-order valence-electron chi connectivity index (χ0n) is 22.5. The summed E-state index contributed by atoms with van der Waals surface area (Å²) in [7, 11) is 2.89.